The maximum absolute atomic E-state index is 13.2. The van der Waals surface area contributed by atoms with Gasteiger partial charge in [0, 0.05) is 0 Å². The number of aryl methyl sites for hydroxylation is 1. The Morgan fingerprint density at radius 3 is 2.10 bits per heavy atom. The number of nitrogens with zero attached hydrogens (tertiary/aromatic N) is 1. The predicted octanol–water partition coefficient (Wildman–Crippen LogP) is 4.79. The number of halogens is 1. The number of benzene rings is 3. The molecule has 4 amide bonds. The Hall–Kier alpha value is -3.36. The summed E-state index contributed by atoms with van der Waals surface area (Å²) in [6.07, 6.45) is 0. The molecule has 0 heterocycles. The predicted molar refractivity (Wildman–Crippen MR) is 116 cm³/mol. The topological polar surface area (TPSA) is 95.6 Å². The van der Waals surface area contributed by atoms with Gasteiger partial charge in [-0.3, -0.25) is 5.32 Å². The first-order chi connectivity index (χ1) is 14.3. The Bertz CT molecular complexity index is 1170. The van der Waals surface area contributed by atoms with Crippen molar-refractivity contribution in [2.24, 2.45) is 0 Å². The number of carbonyl (C=O) groups is 2. The van der Waals surface area contributed by atoms with Crippen molar-refractivity contribution in [1.29, 1.82) is 0 Å². The molecular weight excluding hydrogens is 426 g/mol. The first-order valence-corrected chi connectivity index (χ1v) is 10.6. The van der Waals surface area contributed by atoms with Crippen molar-refractivity contribution in [3.05, 3.63) is 89.4 Å². The van der Waals surface area contributed by atoms with Gasteiger partial charge < -0.3 is 5.32 Å². The van der Waals surface area contributed by atoms with Crippen LogP contribution < -0.4 is 14.9 Å². The molecule has 9 heteroatoms. The van der Waals surface area contributed by atoms with E-state index in [1.165, 1.54) is 24.3 Å². The number of amides is 4. The molecule has 0 aliphatic heterocycles. The Morgan fingerprint density at radius 1 is 0.867 bits per heavy atom. The third-order valence-electron chi connectivity index (χ3n) is 4.08. The van der Waals surface area contributed by atoms with E-state index in [2.05, 4.69) is 5.32 Å². The molecule has 0 aromatic heterocycles. The second kappa shape index (κ2) is 8.98. The molecule has 3 aromatic rings. The maximum atomic E-state index is 13.2. The fraction of sp³-hybridized carbons (Fsp3) is 0.0476. The van der Waals surface area contributed by atoms with Crippen LogP contribution in [0.4, 0.5) is 21.0 Å². The Labute approximate surface area is 179 Å². The van der Waals surface area contributed by atoms with Gasteiger partial charge in [0.25, 0.3) is 10.0 Å². The number of nitrogens with one attached hydrogen (secondary N) is 2. The third kappa shape index (κ3) is 4.79. The van der Waals surface area contributed by atoms with Gasteiger partial charge in [-0.05, 0) is 43.3 Å². The van der Waals surface area contributed by atoms with Gasteiger partial charge in [-0.25, -0.2) is 18.0 Å². The summed E-state index contributed by atoms with van der Waals surface area (Å²) in [5, 5.41) is 4.74. The number of sulfonamides is 1. The van der Waals surface area contributed by atoms with E-state index in [1.807, 2.05) is 12.2 Å². The van der Waals surface area contributed by atoms with Crippen LogP contribution in [0.1, 0.15) is 5.56 Å². The SMILES string of the molecule is Cc1ccc(N(C(=O)NC(=O)Nc2ccccc2Cl)S(=O)(=O)c2ccccc2)cc1. The van der Waals surface area contributed by atoms with Crippen molar-refractivity contribution in [1.82, 2.24) is 5.32 Å². The number of para-hydroxylation sites is 1. The van der Waals surface area contributed by atoms with Crippen molar-refractivity contribution in [3.8, 4) is 0 Å². The number of anilines is 2. The molecular formula is C21H18ClN3O4S. The van der Waals surface area contributed by atoms with Gasteiger partial charge in [0.05, 0.1) is 21.3 Å². The molecule has 30 heavy (non-hydrogen) atoms. The lowest BCUT2D eigenvalue weighted by atomic mass is 10.2. The zero-order chi connectivity index (χ0) is 21.7. The van der Waals surface area contributed by atoms with Crippen molar-refractivity contribution >= 4 is 45.1 Å². The smallest absolute Gasteiger partial charge is 0.306 e. The first-order valence-electron chi connectivity index (χ1n) is 8.82. The average molecular weight is 444 g/mol. The van der Waals surface area contributed by atoms with Crippen LogP contribution in [0.15, 0.2) is 83.8 Å². The minimum absolute atomic E-state index is 0.0903. The van der Waals surface area contributed by atoms with E-state index in [0.29, 0.717) is 4.31 Å². The van der Waals surface area contributed by atoms with Gasteiger partial charge >= 0.3 is 12.1 Å². The van der Waals surface area contributed by atoms with Crippen LogP contribution >= 0.6 is 11.6 Å². The second-order valence-corrected chi connectivity index (χ2v) is 8.48. The van der Waals surface area contributed by atoms with Crippen LogP contribution in [0.2, 0.25) is 5.02 Å². The number of hydrogen-bond acceptors (Lipinski definition) is 4. The normalized spacial score (nSPS) is 10.9. The lowest BCUT2D eigenvalue weighted by Crippen LogP contribution is -2.47. The lowest BCUT2D eigenvalue weighted by Gasteiger charge is -2.23. The van der Waals surface area contributed by atoms with Crippen LogP contribution in [0.5, 0.6) is 0 Å². The zero-order valence-electron chi connectivity index (χ0n) is 15.9. The molecule has 0 fully saturated rings. The van der Waals surface area contributed by atoms with Crippen molar-refractivity contribution < 1.29 is 18.0 Å². The quantitative estimate of drug-likeness (QED) is 0.606. The van der Waals surface area contributed by atoms with Crippen LogP contribution in [0.25, 0.3) is 0 Å². The van der Waals surface area contributed by atoms with Crippen LogP contribution in [-0.2, 0) is 10.0 Å². The largest absolute Gasteiger partial charge is 0.344 e. The molecule has 0 spiro atoms. The first kappa shape index (κ1) is 21.4. The molecule has 0 saturated carbocycles. The van der Waals surface area contributed by atoms with E-state index in [1.54, 1.807) is 54.6 Å². The summed E-state index contributed by atoms with van der Waals surface area (Å²) in [6, 6.07) is 18.2. The summed E-state index contributed by atoms with van der Waals surface area (Å²) >= 11 is 6.00. The van der Waals surface area contributed by atoms with Gasteiger partial charge in [0.2, 0.25) is 0 Å². The highest BCUT2D eigenvalue weighted by Gasteiger charge is 2.32. The molecule has 0 saturated heterocycles. The van der Waals surface area contributed by atoms with Gasteiger partial charge in [-0.2, -0.15) is 4.31 Å². The number of urea groups is 2. The van der Waals surface area contributed by atoms with E-state index in [9.17, 15) is 18.0 Å². The Kier molecular flexibility index (Phi) is 6.39. The van der Waals surface area contributed by atoms with Crippen molar-refractivity contribution in [2.75, 3.05) is 9.62 Å². The number of hydrogen-bond donors (Lipinski definition) is 2. The molecule has 7 nitrogen and oxygen atoms in total. The molecule has 0 unspecified atom stereocenters. The fourth-order valence-corrected chi connectivity index (χ4v) is 4.17. The van der Waals surface area contributed by atoms with Crippen LogP contribution in [0, 0.1) is 6.92 Å². The van der Waals surface area contributed by atoms with E-state index < -0.39 is 22.1 Å². The van der Waals surface area contributed by atoms with E-state index in [0.717, 1.165) is 5.56 Å². The summed E-state index contributed by atoms with van der Waals surface area (Å²) in [5.74, 6) is 0. The summed E-state index contributed by atoms with van der Waals surface area (Å²) in [7, 11) is -4.28. The minimum atomic E-state index is -4.28. The van der Waals surface area contributed by atoms with Gasteiger partial charge in [0.1, 0.15) is 0 Å². The molecule has 3 rings (SSSR count). The molecule has 0 bridgehead atoms. The zero-order valence-corrected chi connectivity index (χ0v) is 17.4. The number of carbonyl (C=O) groups excluding carboxylic acids is 2. The fourth-order valence-electron chi connectivity index (χ4n) is 2.61. The van der Waals surface area contributed by atoms with E-state index >= 15 is 0 Å². The van der Waals surface area contributed by atoms with Crippen molar-refractivity contribution in [3.63, 3.8) is 0 Å². The highest BCUT2D eigenvalue weighted by Crippen LogP contribution is 2.25. The van der Waals surface area contributed by atoms with Crippen molar-refractivity contribution in [2.45, 2.75) is 11.8 Å². The monoisotopic (exact) mass is 443 g/mol. The van der Waals surface area contributed by atoms with Crippen LogP contribution in [-0.4, -0.2) is 20.5 Å². The molecule has 3 aromatic carbocycles. The molecule has 154 valence electrons. The molecule has 0 aliphatic rings. The van der Waals surface area contributed by atoms with E-state index in [-0.39, 0.29) is 21.3 Å². The number of rotatable bonds is 4. The summed E-state index contributed by atoms with van der Waals surface area (Å²) in [6.45, 7) is 1.83. The minimum Gasteiger partial charge on any atom is -0.306 e. The summed E-state index contributed by atoms with van der Waals surface area (Å²) in [5.41, 5.74) is 1.25. The summed E-state index contributed by atoms with van der Waals surface area (Å²) < 4.78 is 26.9. The van der Waals surface area contributed by atoms with E-state index in [4.69, 9.17) is 11.6 Å². The van der Waals surface area contributed by atoms with Crippen LogP contribution in [0.3, 0.4) is 0 Å². The maximum Gasteiger partial charge on any atom is 0.344 e. The third-order valence-corrected chi connectivity index (χ3v) is 6.13. The lowest BCUT2D eigenvalue weighted by molar-refractivity contribution is 0.238. The van der Waals surface area contributed by atoms with Gasteiger partial charge in [0.15, 0.2) is 0 Å². The highest BCUT2D eigenvalue weighted by molar-refractivity contribution is 7.93. The Morgan fingerprint density at radius 2 is 1.47 bits per heavy atom. The molecule has 2 N–H and O–H groups in total. The standard InChI is InChI=1S/C21H18ClN3O4S/c1-15-11-13-16(14-12-15)25(30(28,29)17-7-3-2-4-8-17)21(27)24-20(26)23-19-10-6-5-9-18(19)22/h2-14H,1H3,(H2,23,24,26,27). The summed E-state index contributed by atoms with van der Waals surface area (Å²) in [4.78, 5) is 25.1. The number of imide groups is 1. The van der Waals surface area contributed by atoms with Gasteiger partial charge in [-0.15, -0.1) is 0 Å². The molecule has 0 radical (unpaired) electrons. The molecule has 0 atom stereocenters. The average Bonchev–Trinajstić information content (AvgIpc) is 2.72. The second-order valence-electron chi connectivity index (χ2n) is 6.28. The highest BCUT2D eigenvalue weighted by atomic mass is 35.5. The molecule has 0 aliphatic carbocycles. The Balaban J connectivity index is 1.92. The van der Waals surface area contributed by atoms with Gasteiger partial charge in [-0.1, -0.05) is 59.6 Å².